The van der Waals surface area contributed by atoms with Gasteiger partial charge in [-0.2, -0.15) is 9.97 Å². The number of hydrogen-bond acceptors (Lipinski definition) is 3. The average Bonchev–Trinajstić information content (AvgIpc) is 2.69. The van der Waals surface area contributed by atoms with Crippen LogP contribution in [0.3, 0.4) is 0 Å². The molecule has 3 aromatic rings. The van der Waals surface area contributed by atoms with Crippen LogP contribution in [0.25, 0.3) is 11.0 Å². The van der Waals surface area contributed by atoms with Gasteiger partial charge in [0, 0.05) is 11.4 Å². The van der Waals surface area contributed by atoms with Gasteiger partial charge in [0.05, 0.1) is 5.39 Å². The molecule has 0 radical (unpaired) electrons. The molecular weight excluding hydrogens is 267 g/mol. The zero-order valence-corrected chi connectivity index (χ0v) is 10.8. The standard InChI is InChI=1S/C13H10ClFN4/c1-7-5-10-11(16-7)18-13(14)19-12(10)17-9-4-2-3-8(15)6-9/h2-6H,1H3,(H2,16,17,18,19). The van der Waals surface area contributed by atoms with E-state index in [0.29, 0.717) is 17.2 Å². The minimum Gasteiger partial charge on any atom is -0.343 e. The summed E-state index contributed by atoms with van der Waals surface area (Å²) in [6.45, 7) is 1.92. The number of fused-ring (bicyclic) bond motifs is 1. The number of aromatic amines is 1. The predicted octanol–water partition coefficient (Wildman–Crippen LogP) is 3.80. The summed E-state index contributed by atoms with van der Waals surface area (Å²) in [7, 11) is 0. The van der Waals surface area contributed by atoms with Gasteiger partial charge in [-0.15, -0.1) is 0 Å². The summed E-state index contributed by atoms with van der Waals surface area (Å²) >= 11 is 5.87. The molecule has 4 nitrogen and oxygen atoms in total. The number of nitrogens with zero attached hydrogens (tertiary/aromatic N) is 2. The number of aromatic nitrogens is 3. The highest BCUT2D eigenvalue weighted by atomic mass is 35.5. The lowest BCUT2D eigenvalue weighted by Gasteiger charge is -2.06. The molecule has 0 aliphatic rings. The zero-order valence-electron chi connectivity index (χ0n) is 10.0. The highest BCUT2D eigenvalue weighted by Crippen LogP contribution is 2.26. The summed E-state index contributed by atoms with van der Waals surface area (Å²) < 4.78 is 13.2. The molecule has 0 fully saturated rings. The first-order valence-corrected chi connectivity index (χ1v) is 6.05. The monoisotopic (exact) mass is 276 g/mol. The number of anilines is 2. The number of aryl methyl sites for hydroxylation is 1. The summed E-state index contributed by atoms with van der Waals surface area (Å²) in [5.74, 6) is 0.233. The average molecular weight is 277 g/mol. The van der Waals surface area contributed by atoms with E-state index in [9.17, 15) is 4.39 Å². The van der Waals surface area contributed by atoms with E-state index in [1.165, 1.54) is 12.1 Å². The fourth-order valence-corrected chi connectivity index (χ4v) is 2.08. The van der Waals surface area contributed by atoms with Crippen molar-refractivity contribution < 1.29 is 4.39 Å². The Bertz CT molecular complexity index is 753. The normalized spacial score (nSPS) is 10.9. The van der Waals surface area contributed by atoms with E-state index in [-0.39, 0.29) is 11.1 Å². The summed E-state index contributed by atoms with van der Waals surface area (Å²) in [6, 6.07) is 8.06. The largest absolute Gasteiger partial charge is 0.343 e. The molecule has 2 aromatic heterocycles. The number of benzene rings is 1. The molecule has 0 saturated heterocycles. The van der Waals surface area contributed by atoms with Crippen LogP contribution in [0.4, 0.5) is 15.9 Å². The van der Waals surface area contributed by atoms with Crippen molar-refractivity contribution in [2.24, 2.45) is 0 Å². The van der Waals surface area contributed by atoms with Crippen LogP contribution in [0.15, 0.2) is 30.3 Å². The van der Waals surface area contributed by atoms with E-state index < -0.39 is 0 Å². The Hall–Kier alpha value is -2.14. The highest BCUT2D eigenvalue weighted by molar-refractivity contribution is 6.28. The third kappa shape index (κ3) is 2.37. The topological polar surface area (TPSA) is 53.6 Å². The Kier molecular flexibility index (Phi) is 2.83. The molecule has 0 saturated carbocycles. The summed E-state index contributed by atoms with van der Waals surface area (Å²) in [5, 5.41) is 3.99. The second kappa shape index (κ2) is 4.51. The van der Waals surface area contributed by atoms with Crippen LogP contribution in [-0.4, -0.2) is 15.0 Å². The van der Waals surface area contributed by atoms with Gasteiger partial charge < -0.3 is 10.3 Å². The van der Waals surface area contributed by atoms with Crippen molar-refractivity contribution in [1.29, 1.82) is 0 Å². The van der Waals surface area contributed by atoms with E-state index in [1.807, 2.05) is 13.0 Å². The highest BCUT2D eigenvalue weighted by Gasteiger charge is 2.09. The lowest BCUT2D eigenvalue weighted by Crippen LogP contribution is -1.96. The lowest BCUT2D eigenvalue weighted by atomic mass is 10.3. The minimum atomic E-state index is -0.313. The Morgan fingerprint density at radius 2 is 2.11 bits per heavy atom. The van der Waals surface area contributed by atoms with Crippen LogP contribution in [0.2, 0.25) is 5.28 Å². The predicted molar refractivity (Wildman–Crippen MR) is 73.3 cm³/mol. The quantitative estimate of drug-likeness (QED) is 0.700. The van der Waals surface area contributed by atoms with E-state index in [4.69, 9.17) is 11.6 Å². The van der Waals surface area contributed by atoms with Crippen molar-refractivity contribution in [3.05, 3.63) is 47.1 Å². The molecule has 2 heterocycles. The van der Waals surface area contributed by atoms with Gasteiger partial charge in [0.1, 0.15) is 17.3 Å². The first kappa shape index (κ1) is 11.9. The Morgan fingerprint density at radius 1 is 1.26 bits per heavy atom. The van der Waals surface area contributed by atoms with Gasteiger partial charge in [0.2, 0.25) is 5.28 Å². The second-order valence-electron chi connectivity index (χ2n) is 4.19. The van der Waals surface area contributed by atoms with E-state index in [1.54, 1.807) is 12.1 Å². The van der Waals surface area contributed by atoms with Gasteiger partial charge in [-0.1, -0.05) is 6.07 Å². The first-order chi connectivity index (χ1) is 9.11. The van der Waals surface area contributed by atoms with Crippen LogP contribution in [0, 0.1) is 12.7 Å². The molecule has 0 bridgehead atoms. The summed E-state index contributed by atoms with van der Waals surface area (Å²) in [6.07, 6.45) is 0. The Balaban J connectivity index is 2.09. The fourth-order valence-electron chi connectivity index (χ4n) is 1.91. The maximum atomic E-state index is 13.2. The van der Waals surface area contributed by atoms with Crippen LogP contribution in [0.1, 0.15) is 5.69 Å². The Morgan fingerprint density at radius 3 is 2.89 bits per heavy atom. The van der Waals surface area contributed by atoms with Crippen molar-refractivity contribution in [3.8, 4) is 0 Å². The van der Waals surface area contributed by atoms with E-state index >= 15 is 0 Å². The molecule has 3 rings (SSSR count). The Labute approximate surface area is 113 Å². The summed E-state index contributed by atoms with van der Waals surface area (Å²) in [5.41, 5.74) is 2.21. The van der Waals surface area contributed by atoms with Crippen LogP contribution >= 0.6 is 11.6 Å². The number of nitrogens with one attached hydrogen (secondary N) is 2. The minimum absolute atomic E-state index is 0.133. The van der Waals surface area contributed by atoms with Crippen LogP contribution < -0.4 is 5.32 Å². The SMILES string of the molecule is Cc1cc2c(Nc3cccc(F)c3)nc(Cl)nc2[nH]1. The van der Waals surface area contributed by atoms with Crippen molar-refractivity contribution in [2.45, 2.75) is 6.92 Å². The van der Waals surface area contributed by atoms with Crippen LogP contribution in [0.5, 0.6) is 0 Å². The van der Waals surface area contributed by atoms with Crippen LogP contribution in [-0.2, 0) is 0 Å². The molecule has 6 heteroatoms. The number of H-pyrrole nitrogens is 1. The first-order valence-electron chi connectivity index (χ1n) is 5.67. The molecule has 0 aliphatic carbocycles. The summed E-state index contributed by atoms with van der Waals surface area (Å²) in [4.78, 5) is 11.3. The molecule has 2 N–H and O–H groups in total. The molecule has 0 amide bonds. The molecule has 96 valence electrons. The lowest BCUT2D eigenvalue weighted by molar-refractivity contribution is 0.628. The molecular formula is C13H10ClFN4. The molecule has 0 atom stereocenters. The number of hydrogen-bond donors (Lipinski definition) is 2. The van der Waals surface area contributed by atoms with Gasteiger partial charge in [-0.05, 0) is 42.8 Å². The fraction of sp³-hybridized carbons (Fsp3) is 0.0769. The molecule has 19 heavy (non-hydrogen) atoms. The third-order valence-electron chi connectivity index (χ3n) is 2.68. The number of rotatable bonds is 2. The van der Waals surface area contributed by atoms with E-state index in [2.05, 4.69) is 20.3 Å². The molecule has 0 spiro atoms. The zero-order chi connectivity index (χ0) is 13.4. The van der Waals surface area contributed by atoms with Crippen molar-refractivity contribution in [3.63, 3.8) is 0 Å². The van der Waals surface area contributed by atoms with Crippen molar-refractivity contribution in [1.82, 2.24) is 15.0 Å². The molecule has 0 aliphatic heterocycles. The van der Waals surface area contributed by atoms with Crippen molar-refractivity contribution in [2.75, 3.05) is 5.32 Å². The third-order valence-corrected chi connectivity index (χ3v) is 2.85. The maximum absolute atomic E-state index is 13.2. The second-order valence-corrected chi connectivity index (χ2v) is 4.53. The van der Waals surface area contributed by atoms with Gasteiger partial charge in [0.15, 0.2) is 0 Å². The molecule has 1 aromatic carbocycles. The van der Waals surface area contributed by atoms with Gasteiger partial charge in [0.25, 0.3) is 0 Å². The number of halogens is 2. The maximum Gasteiger partial charge on any atom is 0.226 e. The van der Waals surface area contributed by atoms with E-state index in [0.717, 1.165) is 11.1 Å². The van der Waals surface area contributed by atoms with Gasteiger partial charge >= 0.3 is 0 Å². The van der Waals surface area contributed by atoms with Gasteiger partial charge in [-0.3, -0.25) is 0 Å². The smallest absolute Gasteiger partial charge is 0.226 e. The van der Waals surface area contributed by atoms with Gasteiger partial charge in [-0.25, -0.2) is 4.39 Å². The molecule has 0 unspecified atom stereocenters. The van der Waals surface area contributed by atoms with Crippen molar-refractivity contribution >= 4 is 34.1 Å².